The molecule has 0 bridgehead atoms. The summed E-state index contributed by atoms with van der Waals surface area (Å²) in [6.45, 7) is -0.490. The van der Waals surface area contributed by atoms with Crippen molar-refractivity contribution in [2.75, 3.05) is 11.9 Å². The number of carbonyl (C=O) groups is 2. The van der Waals surface area contributed by atoms with E-state index in [0.29, 0.717) is 0 Å². The number of amides is 2. The molecule has 2 aromatic carbocycles. The van der Waals surface area contributed by atoms with Crippen LogP contribution in [0.3, 0.4) is 0 Å². The average molecular weight is 402 g/mol. The highest BCUT2D eigenvalue weighted by Gasteiger charge is 2.10. The van der Waals surface area contributed by atoms with Crippen molar-refractivity contribution in [2.24, 2.45) is 0 Å². The summed E-state index contributed by atoms with van der Waals surface area (Å²) in [6.07, 6.45) is -0.160. The number of aromatic amines is 1. The molecule has 8 nitrogen and oxygen atoms in total. The van der Waals surface area contributed by atoms with Gasteiger partial charge in [-0.2, -0.15) is 0 Å². The fourth-order valence-electron chi connectivity index (χ4n) is 2.66. The van der Waals surface area contributed by atoms with E-state index < -0.39 is 41.1 Å². The zero-order valence-electron chi connectivity index (χ0n) is 15.0. The summed E-state index contributed by atoms with van der Waals surface area (Å²) in [7, 11) is 0. The molecule has 0 aliphatic carbocycles. The first-order valence-electron chi connectivity index (χ1n) is 8.58. The molecule has 29 heavy (non-hydrogen) atoms. The summed E-state index contributed by atoms with van der Waals surface area (Å²) >= 11 is 0. The molecule has 3 rings (SSSR count). The standard InChI is InChI=1S/C19H16F2N4O4/c20-14-6-5-11(9-15(14)21)23-17(27)10-22-16(26)7-8-25-19(29)13-4-2-1-3-12(13)18(28)24-25/h1-6,9H,7-8,10H2,(H,22,26)(H,23,27)(H,24,28). The van der Waals surface area contributed by atoms with Gasteiger partial charge in [-0.3, -0.25) is 24.3 Å². The van der Waals surface area contributed by atoms with Gasteiger partial charge in [-0.1, -0.05) is 12.1 Å². The van der Waals surface area contributed by atoms with Crippen LogP contribution < -0.4 is 21.8 Å². The number of anilines is 1. The first kappa shape index (κ1) is 19.9. The number of nitrogens with one attached hydrogen (secondary N) is 3. The summed E-state index contributed by atoms with van der Waals surface area (Å²) in [6, 6.07) is 9.18. The first-order valence-corrected chi connectivity index (χ1v) is 8.58. The molecule has 1 aromatic heterocycles. The molecule has 0 saturated heterocycles. The van der Waals surface area contributed by atoms with E-state index in [-0.39, 0.29) is 29.4 Å². The van der Waals surface area contributed by atoms with E-state index >= 15 is 0 Å². The fraction of sp³-hybridized carbons (Fsp3) is 0.158. The van der Waals surface area contributed by atoms with E-state index in [1.807, 2.05) is 0 Å². The van der Waals surface area contributed by atoms with Crippen LogP contribution in [0.4, 0.5) is 14.5 Å². The number of hydrogen-bond donors (Lipinski definition) is 3. The normalized spacial score (nSPS) is 10.7. The predicted molar refractivity (Wildman–Crippen MR) is 101 cm³/mol. The Labute approximate surface area is 162 Å². The maximum atomic E-state index is 13.1. The molecule has 0 saturated carbocycles. The van der Waals surface area contributed by atoms with E-state index in [0.717, 1.165) is 16.8 Å². The second-order valence-electron chi connectivity index (χ2n) is 6.15. The van der Waals surface area contributed by atoms with E-state index in [1.54, 1.807) is 12.1 Å². The number of carbonyl (C=O) groups excluding carboxylic acids is 2. The number of H-pyrrole nitrogens is 1. The first-order chi connectivity index (χ1) is 13.8. The van der Waals surface area contributed by atoms with Gasteiger partial charge in [-0.25, -0.2) is 13.5 Å². The van der Waals surface area contributed by atoms with Crippen LogP contribution in [0.25, 0.3) is 10.8 Å². The van der Waals surface area contributed by atoms with Gasteiger partial charge in [0.15, 0.2) is 11.6 Å². The van der Waals surface area contributed by atoms with Crippen molar-refractivity contribution in [3.63, 3.8) is 0 Å². The SMILES string of the molecule is O=C(CCn1[nH]c(=O)c2ccccc2c1=O)NCC(=O)Nc1ccc(F)c(F)c1. The van der Waals surface area contributed by atoms with E-state index in [1.165, 1.54) is 18.2 Å². The Balaban J connectivity index is 1.55. The van der Waals surface area contributed by atoms with E-state index in [2.05, 4.69) is 15.7 Å². The lowest BCUT2D eigenvalue weighted by atomic mass is 10.2. The smallest absolute Gasteiger partial charge is 0.273 e. The van der Waals surface area contributed by atoms with Gasteiger partial charge in [0, 0.05) is 18.2 Å². The molecule has 2 amide bonds. The number of rotatable bonds is 6. The van der Waals surface area contributed by atoms with Gasteiger partial charge in [0.1, 0.15) is 0 Å². The minimum Gasteiger partial charge on any atom is -0.347 e. The monoisotopic (exact) mass is 402 g/mol. The van der Waals surface area contributed by atoms with Gasteiger partial charge in [-0.15, -0.1) is 0 Å². The highest BCUT2D eigenvalue weighted by Crippen LogP contribution is 2.12. The maximum Gasteiger partial charge on any atom is 0.273 e. The van der Waals surface area contributed by atoms with Crippen molar-refractivity contribution in [3.8, 4) is 0 Å². The van der Waals surface area contributed by atoms with Gasteiger partial charge < -0.3 is 10.6 Å². The third-order valence-electron chi connectivity index (χ3n) is 4.10. The molecule has 0 fully saturated rings. The van der Waals surface area contributed by atoms with Gasteiger partial charge in [-0.05, 0) is 24.3 Å². The van der Waals surface area contributed by atoms with Gasteiger partial charge >= 0.3 is 0 Å². The zero-order valence-corrected chi connectivity index (χ0v) is 15.0. The fourth-order valence-corrected chi connectivity index (χ4v) is 2.66. The average Bonchev–Trinajstić information content (AvgIpc) is 2.71. The molecule has 150 valence electrons. The second-order valence-corrected chi connectivity index (χ2v) is 6.15. The third kappa shape index (κ3) is 4.72. The van der Waals surface area contributed by atoms with Crippen LogP contribution in [0, 0.1) is 11.6 Å². The lowest BCUT2D eigenvalue weighted by molar-refractivity contribution is -0.124. The van der Waals surface area contributed by atoms with Gasteiger partial charge in [0.05, 0.1) is 23.9 Å². The van der Waals surface area contributed by atoms with Crippen molar-refractivity contribution in [2.45, 2.75) is 13.0 Å². The van der Waals surface area contributed by atoms with Gasteiger partial charge in [0.25, 0.3) is 11.1 Å². The maximum absolute atomic E-state index is 13.1. The van der Waals surface area contributed by atoms with Crippen LogP contribution in [-0.2, 0) is 16.1 Å². The molecule has 0 aliphatic rings. The van der Waals surface area contributed by atoms with Crippen LogP contribution in [0.5, 0.6) is 0 Å². The lowest BCUT2D eigenvalue weighted by Gasteiger charge is -2.09. The molecule has 0 spiro atoms. The highest BCUT2D eigenvalue weighted by molar-refractivity contribution is 5.94. The largest absolute Gasteiger partial charge is 0.347 e. The number of nitrogens with zero attached hydrogens (tertiary/aromatic N) is 1. The molecule has 3 aromatic rings. The van der Waals surface area contributed by atoms with E-state index in [4.69, 9.17) is 0 Å². The van der Waals surface area contributed by atoms with Gasteiger partial charge in [0.2, 0.25) is 11.8 Å². The molecular formula is C19H16F2N4O4. The molecule has 0 aliphatic heterocycles. The Morgan fingerprint density at radius 3 is 2.41 bits per heavy atom. The number of fused-ring (bicyclic) bond motifs is 1. The second kappa shape index (κ2) is 8.46. The summed E-state index contributed by atoms with van der Waals surface area (Å²) in [4.78, 5) is 48.1. The van der Waals surface area contributed by atoms with Crippen LogP contribution in [0.2, 0.25) is 0 Å². The number of aryl methyl sites for hydroxylation is 1. The van der Waals surface area contributed by atoms with Crippen molar-refractivity contribution >= 4 is 28.3 Å². The zero-order chi connectivity index (χ0) is 21.0. The van der Waals surface area contributed by atoms with Crippen molar-refractivity contribution in [3.05, 3.63) is 74.8 Å². The highest BCUT2D eigenvalue weighted by atomic mass is 19.2. The van der Waals surface area contributed by atoms with Crippen molar-refractivity contribution in [1.29, 1.82) is 0 Å². The van der Waals surface area contributed by atoms with Crippen LogP contribution in [0.1, 0.15) is 6.42 Å². The Hall–Kier alpha value is -3.82. The van der Waals surface area contributed by atoms with Crippen LogP contribution >= 0.6 is 0 Å². The molecular weight excluding hydrogens is 386 g/mol. The Kier molecular flexibility index (Phi) is 5.82. The minimum atomic E-state index is -1.11. The molecule has 0 unspecified atom stereocenters. The molecule has 0 radical (unpaired) electrons. The summed E-state index contributed by atoms with van der Waals surface area (Å²) in [5.41, 5.74) is -0.848. The number of hydrogen-bond acceptors (Lipinski definition) is 4. The Bertz CT molecular complexity index is 1200. The summed E-state index contributed by atoms with van der Waals surface area (Å²) < 4.78 is 27.0. The lowest BCUT2D eigenvalue weighted by Crippen LogP contribution is -2.35. The number of aromatic nitrogens is 2. The number of benzene rings is 2. The predicted octanol–water partition coefficient (Wildman–Crippen LogP) is 1.11. The minimum absolute atomic E-state index is 0.0449. The molecule has 3 N–H and O–H groups in total. The third-order valence-corrected chi connectivity index (χ3v) is 4.10. The van der Waals surface area contributed by atoms with Crippen molar-refractivity contribution in [1.82, 2.24) is 15.1 Å². The quantitative estimate of drug-likeness (QED) is 0.573. The van der Waals surface area contributed by atoms with E-state index in [9.17, 15) is 28.0 Å². The molecule has 1 heterocycles. The topological polar surface area (TPSA) is 113 Å². The number of halogens is 2. The van der Waals surface area contributed by atoms with Crippen molar-refractivity contribution < 1.29 is 18.4 Å². The summed E-state index contributed by atoms with van der Waals surface area (Å²) in [5, 5.41) is 7.56. The van der Waals surface area contributed by atoms with Crippen LogP contribution in [-0.4, -0.2) is 28.1 Å². The Morgan fingerprint density at radius 1 is 0.966 bits per heavy atom. The molecule has 10 heteroatoms. The Morgan fingerprint density at radius 2 is 1.69 bits per heavy atom. The molecule has 0 atom stereocenters. The summed E-state index contributed by atoms with van der Waals surface area (Å²) in [5.74, 6) is -3.33. The van der Waals surface area contributed by atoms with Crippen LogP contribution in [0.15, 0.2) is 52.1 Å².